The van der Waals surface area contributed by atoms with E-state index in [4.69, 9.17) is 0 Å². The van der Waals surface area contributed by atoms with Crippen LogP contribution in [0.25, 0.3) is 10.2 Å². The van der Waals surface area contributed by atoms with E-state index >= 15 is 0 Å². The Morgan fingerprint density at radius 2 is 2.35 bits per heavy atom. The van der Waals surface area contributed by atoms with Crippen LogP contribution in [0.2, 0.25) is 0 Å². The zero-order valence-corrected chi connectivity index (χ0v) is 12.1. The van der Waals surface area contributed by atoms with E-state index < -0.39 is 0 Å². The molecule has 0 radical (unpaired) electrons. The lowest BCUT2D eigenvalue weighted by Crippen LogP contribution is -2.24. The van der Waals surface area contributed by atoms with Crippen LogP contribution in [0.15, 0.2) is 22.1 Å². The van der Waals surface area contributed by atoms with Crippen molar-refractivity contribution < 1.29 is 4.79 Å². The lowest BCUT2D eigenvalue weighted by Gasteiger charge is -2.11. The van der Waals surface area contributed by atoms with Crippen molar-refractivity contribution in [3.05, 3.63) is 27.7 Å². The van der Waals surface area contributed by atoms with Crippen molar-refractivity contribution in [2.75, 3.05) is 6.54 Å². The molecule has 90 valence electrons. The lowest BCUT2D eigenvalue weighted by molar-refractivity contribution is -0.119. The molecule has 2 aromatic rings. The molecule has 1 aromatic heterocycles. The highest BCUT2D eigenvalue weighted by molar-refractivity contribution is 9.11. The first kappa shape index (κ1) is 12.5. The summed E-state index contributed by atoms with van der Waals surface area (Å²) in [7, 11) is 0. The molecule has 0 aliphatic carbocycles. The van der Waals surface area contributed by atoms with Gasteiger partial charge in [0, 0.05) is 13.5 Å². The molecular formula is C12H13BrN2OS. The molecule has 0 bridgehead atoms. The van der Waals surface area contributed by atoms with Crippen LogP contribution in [-0.4, -0.2) is 17.4 Å². The zero-order chi connectivity index (χ0) is 12.4. The summed E-state index contributed by atoms with van der Waals surface area (Å²) >= 11 is 5.01. The summed E-state index contributed by atoms with van der Waals surface area (Å²) in [5.74, 6) is 0.322. The molecule has 0 saturated heterocycles. The molecule has 2 rings (SSSR count). The Kier molecular flexibility index (Phi) is 3.79. The highest BCUT2D eigenvalue weighted by Crippen LogP contribution is 2.28. The number of carbonyl (C=O) groups is 1. The van der Waals surface area contributed by atoms with Crippen molar-refractivity contribution in [3.63, 3.8) is 0 Å². The van der Waals surface area contributed by atoms with Crippen LogP contribution in [-0.2, 0) is 4.79 Å². The van der Waals surface area contributed by atoms with Crippen molar-refractivity contribution in [1.29, 1.82) is 0 Å². The molecule has 17 heavy (non-hydrogen) atoms. The van der Waals surface area contributed by atoms with Gasteiger partial charge in [-0.3, -0.25) is 4.79 Å². The van der Waals surface area contributed by atoms with Crippen LogP contribution >= 0.6 is 27.3 Å². The smallest absolute Gasteiger partial charge is 0.216 e. The normalized spacial score (nSPS) is 12.6. The van der Waals surface area contributed by atoms with E-state index in [0.717, 1.165) is 9.43 Å². The fraction of sp³-hybridized carbons (Fsp3) is 0.333. The van der Waals surface area contributed by atoms with Crippen LogP contribution in [0, 0.1) is 0 Å². The molecule has 0 saturated carbocycles. The SMILES string of the molecule is CC(=O)NCC(C)c1ccc2nc(Br)sc2c1. The Bertz CT molecular complexity index is 552. The molecule has 1 atom stereocenters. The summed E-state index contributed by atoms with van der Waals surface area (Å²) in [6.07, 6.45) is 0. The molecule has 1 amide bonds. The van der Waals surface area contributed by atoms with E-state index in [1.165, 1.54) is 17.2 Å². The highest BCUT2D eigenvalue weighted by atomic mass is 79.9. The molecule has 1 heterocycles. The van der Waals surface area contributed by atoms with Crippen LogP contribution in [0.3, 0.4) is 0 Å². The number of hydrogen-bond donors (Lipinski definition) is 1. The van der Waals surface area contributed by atoms with E-state index in [1.807, 2.05) is 6.07 Å². The van der Waals surface area contributed by atoms with Gasteiger partial charge >= 0.3 is 0 Å². The number of benzene rings is 1. The molecule has 3 nitrogen and oxygen atoms in total. The standard InChI is InChI=1S/C12H13BrN2OS/c1-7(6-14-8(2)16)9-3-4-10-11(5-9)17-12(13)15-10/h3-5,7H,6H2,1-2H3,(H,14,16). The van der Waals surface area contributed by atoms with Gasteiger partial charge in [-0.2, -0.15) is 0 Å². The van der Waals surface area contributed by atoms with Gasteiger partial charge in [-0.25, -0.2) is 4.98 Å². The molecule has 0 aliphatic heterocycles. The van der Waals surface area contributed by atoms with Gasteiger partial charge in [0.15, 0.2) is 3.92 Å². The Morgan fingerprint density at radius 1 is 1.59 bits per heavy atom. The molecule has 1 aromatic carbocycles. The predicted octanol–water partition coefficient (Wildman–Crippen LogP) is 3.30. The van der Waals surface area contributed by atoms with Crippen LogP contribution in [0.4, 0.5) is 0 Å². The van der Waals surface area contributed by atoms with Gasteiger partial charge in [-0.05, 0) is 39.5 Å². The Balaban J connectivity index is 2.20. The maximum Gasteiger partial charge on any atom is 0.216 e. The summed E-state index contributed by atoms with van der Waals surface area (Å²) in [4.78, 5) is 15.2. The van der Waals surface area contributed by atoms with Gasteiger partial charge < -0.3 is 5.32 Å². The van der Waals surface area contributed by atoms with E-state index in [2.05, 4.69) is 45.3 Å². The molecule has 0 aliphatic rings. The van der Waals surface area contributed by atoms with E-state index in [9.17, 15) is 4.79 Å². The fourth-order valence-electron chi connectivity index (χ4n) is 1.63. The first-order valence-electron chi connectivity index (χ1n) is 5.36. The predicted molar refractivity (Wildman–Crippen MR) is 74.4 cm³/mol. The number of thiazole rings is 1. The second kappa shape index (κ2) is 5.14. The first-order valence-corrected chi connectivity index (χ1v) is 6.97. The summed E-state index contributed by atoms with van der Waals surface area (Å²) in [5, 5.41) is 2.84. The number of fused-ring (bicyclic) bond motifs is 1. The zero-order valence-electron chi connectivity index (χ0n) is 9.66. The van der Waals surface area contributed by atoms with Crippen LogP contribution < -0.4 is 5.32 Å². The Morgan fingerprint density at radius 3 is 3.06 bits per heavy atom. The maximum atomic E-state index is 10.9. The number of hydrogen-bond acceptors (Lipinski definition) is 3. The second-order valence-corrected chi connectivity index (χ2v) is 6.34. The maximum absolute atomic E-state index is 10.9. The van der Waals surface area contributed by atoms with Crippen molar-refractivity contribution in [2.24, 2.45) is 0 Å². The number of rotatable bonds is 3. The highest BCUT2D eigenvalue weighted by Gasteiger charge is 2.08. The molecule has 5 heteroatoms. The monoisotopic (exact) mass is 312 g/mol. The number of nitrogens with one attached hydrogen (secondary N) is 1. The number of carbonyl (C=O) groups excluding carboxylic acids is 1. The molecular weight excluding hydrogens is 300 g/mol. The van der Waals surface area contributed by atoms with Crippen LogP contribution in [0.1, 0.15) is 25.3 Å². The fourth-order valence-corrected chi connectivity index (χ4v) is 3.09. The topological polar surface area (TPSA) is 42.0 Å². The summed E-state index contributed by atoms with van der Waals surface area (Å²) in [5.41, 5.74) is 2.24. The summed E-state index contributed by atoms with van der Waals surface area (Å²) in [6, 6.07) is 6.24. The van der Waals surface area contributed by atoms with Crippen molar-refractivity contribution in [2.45, 2.75) is 19.8 Å². The minimum atomic E-state index is 0.0125. The van der Waals surface area contributed by atoms with Gasteiger partial charge in [-0.1, -0.05) is 13.0 Å². The van der Waals surface area contributed by atoms with E-state index in [1.54, 1.807) is 11.3 Å². The minimum absolute atomic E-state index is 0.0125. The van der Waals surface area contributed by atoms with Gasteiger partial charge in [0.25, 0.3) is 0 Å². The lowest BCUT2D eigenvalue weighted by atomic mass is 10.0. The van der Waals surface area contributed by atoms with Gasteiger partial charge in [0.1, 0.15) is 0 Å². The summed E-state index contributed by atoms with van der Waals surface area (Å²) in [6.45, 7) is 4.31. The second-order valence-electron chi connectivity index (χ2n) is 4.03. The average Bonchev–Trinajstić information content (AvgIpc) is 2.64. The molecule has 0 spiro atoms. The number of halogens is 1. The molecule has 0 fully saturated rings. The van der Waals surface area contributed by atoms with Crippen LogP contribution in [0.5, 0.6) is 0 Å². The quantitative estimate of drug-likeness (QED) is 0.945. The third-order valence-electron chi connectivity index (χ3n) is 2.61. The van der Waals surface area contributed by atoms with Crippen molar-refractivity contribution in [3.8, 4) is 0 Å². The number of aromatic nitrogens is 1. The van der Waals surface area contributed by atoms with E-state index in [0.29, 0.717) is 12.5 Å². The molecule has 1 unspecified atom stereocenters. The largest absolute Gasteiger partial charge is 0.356 e. The van der Waals surface area contributed by atoms with E-state index in [-0.39, 0.29) is 5.91 Å². The van der Waals surface area contributed by atoms with Gasteiger partial charge in [-0.15, -0.1) is 11.3 Å². The number of amides is 1. The average molecular weight is 313 g/mol. The van der Waals surface area contributed by atoms with Gasteiger partial charge in [0.2, 0.25) is 5.91 Å². The Labute approximate surface area is 112 Å². The Hall–Kier alpha value is -0.940. The third kappa shape index (κ3) is 3.04. The number of nitrogens with zero attached hydrogens (tertiary/aromatic N) is 1. The van der Waals surface area contributed by atoms with Crippen molar-refractivity contribution in [1.82, 2.24) is 10.3 Å². The minimum Gasteiger partial charge on any atom is -0.356 e. The van der Waals surface area contributed by atoms with Gasteiger partial charge in [0.05, 0.1) is 10.2 Å². The van der Waals surface area contributed by atoms with Crippen molar-refractivity contribution >= 4 is 43.4 Å². The summed E-state index contributed by atoms with van der Waals surface area (Å²) < 4.78 is 2.07. The third-order valence-corrected chi connectivity index (χ3v) is 4.08. The first-order chi connectivity index (χ1) is 8.06. The molecule has 1 N–H and O–H groups in total.